The molecule has 0 saturated heterocycles. The van der Waals surface area contributed by atoms with Crippen LogP contribution in [-0.2, 0) is 6.42 Å². The van der Waals surface area contributed by atoms with Gasteiger partial charge in [0, 0.05) is 10.4 Å². The normalized spacial score (nSPS) is 11.4. The number of halogens is 2. The summed E-state index contributed by atoms with van der Waals surface area (Å²) in [5.41, 5.74) is 1.66. The molecule has 0 unspecified atom stereocenters. The Hall–Kier alpha value is -1.13. The van der Waals surface area contributed by atoms with E-state index in [0.29, 0.717) is 10.4 Å². The first-order valence-corrected chi connectivity index (χ1v) is 8.18. The average molecular weight is 328 g/mol. The Morgan fingerprint density at radius 1 is 1.29 bits per heavy atom. The first-order chi connectivity index (χ1) is 9.86. The lowest BCUT2D eigenvalue weighted by Gasteiger charge is -2.12. The molecule has 5 heteroatoms. The molecular formula is C16H19ClFNOS. The molecular weight excluding hydrogens is 309 g/mol. The number of ether oxygens (including phenoxy) is 1. The van der Waals surface area contributed by atoms with Gasteiger partial charge in [0.2, 0.25) is 0 Å². The summed E-state index contributed by atoms with van der Waals surface area (Å²) in [6, 6.07) is 4.84. The number of hydrogen-bond donors (Lipinski definition) is 0. The Morgan fingerprint density at radius 3 is 2.62 bits per heavy atom. The average Bonchev–Trinajstić information content (AvgIpc) is 2.71. The molecule has 0 aliphatic rings. The van der Waals surface area contributed by atoms with Crippen LogP contribution in [0.4, 0.5) is 4.39 Å². The molecule has 0 fully saturated rings. The SMILES string of the molecule is CC(C)Cc1sc(Cl)nc1-c1ccc(F)c(OC(C)C)c1. The summed E-state index contributed by atoms with van der Waals surface area (Å²) in [7, 11) is 0. The largest absolute Gasteiger partial charge is 0.488 e. The highest BCUT2D eigenvalue weighted by Gasteiger charge is 2.16. The fraction of sp³-hybridized carbons (Fsp3) is 0.438. The first kappa shape index (κ1) is 16.2. The van der Waals surface area contributed by atoms with Crippen molar-refractivity contribution >= 4 is 22.9 Å². The van der Waals surface area contributed by atoms with E-state index in [-0.39, 0.29) is 17.7 Å². The standard InChI is InChI=1S/C16H19ClFNOS/c1-9(2)7-14-15(19-16(17)21-14)11-5-6-12(18)13(8-11)20-10(3)4/h5-6,8-10H,7H2,1-4H3. The van der Waals surface area contributed by atoms with Gasteiger partial charge < -0.3 is 4.74 Å². The number of hydrogen-bond acceptors (Lipinski definition) is 3. The Kier molecular flexibility index (Phi) is 5.22. The molecule has 114 valence electrons. The summed E-state index contributed by atoms with van der Waals surface area (Å²) < 4.78 is 19.8. The van der Waals surface area contributed by atoms with Gasteiger partial charge in [0.1, 0.15) is 0 Å². The quantitative estimate of drug-likeness (QED) is 0.714. The van der Waals surface area contributed by atoms with Gasteiger partial charge in [-0.1, -0.05) is 25.4 Å². The van der Waals surface area contributed by atoms with E-state index in [1.54, 1.807) is 12.1 Å². The molecule has 21 heavy (non-hydrogen) atoms. The molecule has 2 nitrogen and oxygen atoms in total. The number of rotatable bonds is 5. The van der Waals surface area contributed by atoms with Gasteiger partial charge in [0.25, 0.3) is 0 Å². The molecule has 0 saturated carbocycles. The van der Waals surface area contributed by atoms with E-state index in [0.717, 1.165) is 22.6 Å². The third kappa shape index (κ3) is 4.17. The van der Waals surface area contributed by atoms with Crippen molar-refractivity contribution < 1.29 is 9.13 Å². The molecule has 1 heterocycles. The monoisotopic (exact) mass is 327 g/mol. The van der Waals surface area contributed by atoms with Crippen LogP contribution < -0.4 is 4.74 Å². The summed E-state index contributed by atoms with van der Waals surface area (Å²) in [6.07, 6.45) is 0.821. The van der Waals surface area contributed by atoms with Crippen molar-refractivity contribution in [1.82, 2.24) is 4.98 Å². The van der Waals surface area contributed by atoms with Crippen LogP contribution in [0.3, 0.4) is 0 Å². The summed E-state index contributed by atoms with van der Waals surface area (Å²) in [4.78, 5) is 5.51. The molecule has 0 aliphatic carbocycles. The Balaban J connectivity index is 2.42. The lowest BCUT2D eigenvalue weighted by molar-refractivity contribution is 0.231. The van der Waals surface area contributed by atoms with E-state index in [1.807, 2.05) is 13.8 Å². The van der Waals surface area contributed by atoms with Crippen molar-refractivity contribution in [3.05, 3.63) is 33.4 Å². The molecule has 2 rings (SSSR count). The third-order valence-corrected chi connectivity index (χ3v) is 4.01. The predicted octanol–water partition coefficient (Wildman–Crippen LogP) is 5.59. The number of aromatic nitrogens is 1. The van der Waals surface area contributed by atoms with E-state index in [2.05, 4.69) is 18.8 Å². The van der Waals surface area contributed by atoms with Crippen molar-refractivity contribution in [2.75, 3.05) is 0 Å². The maximum atomic E-state index is 13.8. The minimum absolute atomic E-state index is 0.0797. The maximum absolute atomic E-state index is 13.8. The molecule has 0 spiro atoms. The van der Waals surface area contributed by atoms with Crippen LogP contribution >= 0.6 is 22.9 Å². The molecule has 0 bridgehead atoms. The zero-order valence-corrected chi connectivity index (χ0v) is 14.2. The van der Waals surface area contributed by atoms with E-state index in [4.69, 9.17) is 16.3 Å². The number of benzene rings is 1. The smallest absolute Gasteiger partial charge is 0.184 e. The van der Waals surface area contributed by atoms with Gasteiger partial charge in [0.15, 0.2) is 16.0 Å². The van der Waals surface area contributed by atoms with Crippen LogP contribution in [0.2, 0.25) is 4.47 Å². The second-order valence-corrected chi connectivity index (χ2v) is 7.31. The molecule has 1 aromatic carbocycles. The highest BCUT2D eigenvalue weighted by molar-refractivity contribution is 7.16. The summed E-state index contributed by atoms with van der Waals surface area (Å²) in [5.74, 6) is 0.397. The zero-order chi connectivity index (χ0) is 15.6. The highest BCUT2D eigenvalue weighted by atomic mass is 35.5. The Morgan fingerprint density at radius 2 is 2.00 bits per heavy atom. The second-order valence-electron chi connectivity index (χ2n) is 5.65. The van der Waals surface area contributed by atoms with Gasteiger partial charge in [-0.2, -0.15) is 0 Å². The molecule has 0 N–H and O–H groups in total. The van der Waals surface area contributed by atoms with Crippen molar-refractivity contribution in [2.45, 2.75) is 40.2 Å². The first-order valence-electron chi connectivity index (χ1n) is 6.98. The van der Waals surface area contributed by atoms with Gasteiger partial charge in [-0.15, -0.1) is 11.3 Å². The Labute approximate surface area is 133 Å². The second kappa shape index (κ2) is 6.75. The fourth-order valence-corrected chi connectivity index (χ4v) is 3.43. The van der Waals surface area contributed by atoms with Crippen LogP contribution in [0.25, 0.3) is 11.3 Å². The predicted molar refractivity (Wildman–Crippen MR) is 86.8 cm³/mol. The van der Waals surface area contributed by atoms with Gasteiger partial charge in [-0.3, -0.25) is 0 Å². The molecule has 0 aliphatic heterocycles. The van der Waals surface area contributed by atoms with Gasteiger partial charge >= 0.3 is 0 Å². The minimum Gasteiger partial charge on any atom is -0.488 e. The lowest BCUT2D eigenvalue weighted by atomic mass is 10.0. The zero-order valence-electron chi connectivity index (χ0n) is 12.6. The van der Waals surface area contributed by atoms with Crippen LogP contribution in [0.15, 0.2) is 18.2 Å². The van der Waals surface area contributed by atoms with Crippen LogP contribution in [0.1, 0.15) is 32.6 Å². The maximum Gasteiger partial charge on any atom is 0.184 e. The van der Waals surface area contributed by atoms with Crippen molar-refractivity contribution in [1.29, 1.82) is 0 Å². The molecule has 1 aromatic heterocycles. The molecule has 0 radical (unpaired) electrons. The number of thiazole rings is 1. The highest BCUT2D eigenvalue weighted by Crippen LogP contribution is 2.35. The Bertz CT molecular complexity index is 625. The number of nitrogens with zero attached hydrogens (tertiary/aromatic N) is 1. The van der Waals surface area contributed by atoms with Crippen molar-refractivity contribution in [3.63, 3.8) is 0 Å². The van der Waals surface area contributed by atoms with E-state index in [1.165, 1.54) is 17.4 Å². The van der Waals surface area contributed by atoms with Crippen LogP contribution in [-0.4, -0.2) is 11.1 Å². The van der Waals surface area contributed by atoms with Crippen LogP contribution in [0, 0.1) is 11.7 Å². The van der Waals surface area contributed by atoms with Gasteiger partial charge in [-0.05, 0) is 44.4 Å². The van der Waals surface area contributed by atoms with Gasteiger partial charge in [0.05, 0.1) is 11.8 Å². The fourth-order valence-electron chi connectivity index (χ4n) is 2.05. The molecule has 2 aromatic rings. The summed E-state index contributed by atoms with van der Waals surface area (Å²) in [5, 5.41) is 0. The van der Waals surface area contributed by atoms with E-state index >= 15 is 0 Å². The van der Waals surface area contributed by atoms with Crippen molar-refractivity contribution in [2.24, 2.45) is 5.92 Å². The van der Waals surface area contributed by atoms with E-state index < -0.39 is 0 Å². The van der Waals surface area contributed by atoms with Crippen LogP contribution in [0.5, 0.6) is 5.75 Å². The molecule has 0 atom stereocenters. The minimum atomic E-state index is -0.362. The third-order valence-electron chi connectivity index (χ3n) is 2.83. The molecule has 0 amide bonds. The summed E-state index contributed by atoms with van der Waals surface area (Å²) >= 11 is 7.54. The van der Waals surface area contributed by atoms with E-state index in [9.17, 15) is 4.39 Å². The van der Waals surface area contributed by atoms with Gasteiger partial charge in [-0.25, -0.2) is 9.37 Å². The van der Waals surface area contributed by atoms with Crippen molar-refractivity contribution in [3.8, 4) is 17.0 Å². The topological polar surface area (TPSA) is 22.1 Å². The lowest BCUT2D eigenvalue weighted by Crippen LogP contribution is -2.07. The summed E-state index contributed by atoms with van der Waals surface area (Å²) in [6.45, 7) is 8.04.